The molecule has 0 spiro atoms. The van der Waals surface area contributed by atoms with Crippen LogP contribution < -0.4 is 9.04 Å². The highest BCUT2D eigenvalue weighted by atomic mass is 32.2. The molecule has 126 valence electrons. The summed E-state index contributed by atoms with van der Waals surface area (Å²) >= 11 is 0. The van der Waals surface area contributed by atoms with Gasteiger partial charge in [-0.05, 0) is 48.4 Å². The van der Waals surface area contributed by atoms with Crippen molar-refractivity contribution in [3.05, 3.63) is 53.8 Å². The maximum Gasteiger partial charge on any atom is 0.341 e. The molecule has 3 rings (SSSR count). The number of halogens is 1. The number of aliphatic carboxylic acids is 1. The average molecular weight is 351 g/mol. The van der Waals surface area contributed by atoms with Crippen molar-refractivity contribution >= 4 is 21.7 Å². The van der Waals surface area contributed by atoms with Crippen LogP contribution in [0.1, 0.15) is 5.56 Å². The molecule has 0 fully saturated rings. The van der Waals surface area contributed by atoms with Crippen LogP contribution in [0.4, 0.5) is 10.1 Å². The Labute approximate surface area is 138 Å². The molecule has 1 N–H and O–H groups in total. The molecule has 1 aliphatic rings. The van der Waals surface area contributed by atoms with Gasteiger partial charge in [0.1, 0.15) is 11.6 Å². The van der Waals surface area contributed by atoms with Gasteiger partial charge in [-0.25, -0.2) is 17.6 Å². The molecule has 0 aromatic heterocycles. The summed E-state index contributed by atoms with van der Waals surface area (Å²) in [6, 6.07) is 9.56. The smallest absolute Gasteiger partial charge is 0.341 e. The van der Waals surface area contributed by atoms with Gasteiger partial charge in [-0.3, -0.25) is 4.31 Å². The van der Waals surface area contributed by atoms with E-state index in [1.807, 2.05) is 0 Å². The van der Waals surface area contributed by atoms with Crippen molar-refractivity contribution < 1.29 is 27.4 Å². The third kappa shape index (κ3) is 3.05. The highest BCUT2D eigenvalue weighted by molar-refractivity contribution is 7.92. The number of sulfonamides is 1. The number of anilines is 1. The molecule has 24 heavy (non-hydrogen) atoms. The zero-order chi connectivity index (χ0) is 17.3. The number of nitrogens with zero attached hydrogens (tertiary/aromatic N) is 1. The third-order valence-corrected chi connectivity index (χ3v) is 5.50. The first-order valence-electron chi connectivity index (χ1n) is 7.14. The van der Waals surface area contributed by atoms with Crippen molar-refractivity contribution in [2.75, 3.05) is 17.5 Å². The molecule has 0 radical (unpaired) electrons. The Kier molecular flexibility index (Phi) is 4.15. The summed E-state index contributed by atoms with van der Waals surface area (Å²) in [5.41, 5.74) is 1.13. The molecule has 8 heteroatoms. The molecule has 0 saturated carbocycles. The summed E-state index contributed by atoms with van der Waals surface area (Å²) in [4.78, 5) is 10.5. The molecule has 0 bridgehead atoms. The summed E-state index contributed by atoms with van der Waals surface area (Å²) < 4.78 is 45.1. The minimum absolute atomic E-state index is 0.0299. The van der Waals surface area contributed by atoms with Gasteiger partial charge in [0.25, 0.3) is 10.0 Å². The van der Waals surface area contributed by atoms with Crippen LogP contribution >= 0.6 is 0 Å². The molecule has 2 aromatic rings. The zero-order valence-corrected chi connectivity index (χ0v) is 13.3. The molecule has 1 aliphatic heterocycles. The normalized spacial score (nSPS) is 13.6. The first-order chi connectivity index (χ1) is 11.4. The Morgan fingerprint density at radius 2 is 1.92 bits per heavy atom. The van der Waals surface area contributed by atoms with E-state index in [9.17, 15) is 17.6 Å². The summed E-state index contributed by atoms with van der Waals surface area (Å²) in [5.74, 6) is -1.36. The second kappa shape index (κ2) is 6.12. The molecule has 0 aliphatic carbocycles. The number of hydrogen-bond donors (Lipinski definition) is 1. The maximum atomic E-state index is 13.4. The van der Waals surface area contributed by atoms with Crippen molar-refractivity contribution in [1.82, 2.24) is 0 Å². The van der Waals surface area contributed by atoms with Crippen LogP contribution in [0, 0.1) is 5.82 Å². The van der Waals surface area contributed by atoms with E-state index in [0.29, 0.717) is 12.1 Å². The van der Waals surface area contributed by atoms with Gasteiger partial charge in [-0.1, -0.05) is 6.07 Å². The van der Waals surface area contributed by atoms with Gasteiger partial charge in [0.2, 0.25) is 0 Å². The number of rotatable bonds is 5. The number of benzene rings is 2. The van der Waals surface area contributed by atoms with Crippen LogP contribution in [0.5, 0.6) is 5.75 Å². The lowest BCUT2D eigenvalue weighted by atomic mass is 10.2. The summed E-state index contributed by atoms with van der Waals surface area (Å²) in [6.07, 6.45) is 0.522. The number of fused-ring (bicyclic) bond motifs is 1. The second-order valence-electron chi connectivity index (χ2n) is 5.25. The molecular weight excluding hydrogens is 337 g/mol. The Balaban J connectivity index is 1.87. The predicted molar refractivity (Wildman–Crippen MR) is 84.2 cm³/mol. The number of carbonyl (C=O) groups is 1. The predicted octanol–water partition coefficient (Wildman–Crippen LogP) is 2.04. The Morgan fingerprint density at radius 1 is 1.21 bits per heavy atom. The number of ether oxygens (including phenoxy) is 1. The van der Waals surface area contributed by atoms with E-state index >= 15 is 0 Å². The van der Waals surface area contributed by atoms with Crippen molar-refractivity contribution in [3.8, 4) is 5.75 Å². The van der Waals surface area contributed by atoms with Crippen molar-refractivity contribution in [2.45, 2.75) is 11.3 Å². The molecule has 0 unspecified atom stereocenters. The fourth-order valence-electron chi connectivity index (χ4n) is 2.55. The molecule has 6 nitrogen and oxygen atoms in total. The first-order valence-corrected chi connectivity index (χ1v) is 8.58. The highest BCUT2D eigenvalue weighted by Crippen LogP contribution is 2.33. The molecule has 2 aromatic carbocycles. The Bertz CT molecular complexity index is 880. The van der Waals surface area contributed by atoms with Crippen molar-refractivity contribution in [2.24, 2.45) is 0 Å². The lowest BCUT2D eigenvalue weighted by Gasteiger charge is -2.19. The molecule has 0 amide bonds. The van der Waals surface area contributed by atoms with Crippen LogP contribution in [-0.2, 0) is 21.2 Å². The van der Waals surface area contributed by atoms with E-state index in [1.54, 1.807) is 6.07 Å². The van der Waals surface area contributed by atoms with E-state index in [0.717, 1.165) is 5.56 Å². The van der Waals surface area contributed by atoms with Crippen molar-refractivity contribution in [3.63, 3.8) is 0 Å². The SMILES string of the molecule is O=C(O)COc1ccc(S(=O)(=O)N2CCc3ccc(F)cc32)cc1. The number of carboxylic acids is 1. The topological polar surface area (TPSA) is 83.9 Å². The van der Waals surface area contributed by atoms with Crippen LogP contribution in [0.2, 0.25) is 0 Å². The number of hydrogen-bond acceptors (Lipinski definition) is 4. The zero-order valence-electron chi connectivity index (χ0n) is 12.5. The summed E-state index contributed by atoms with van der Waals surface area (Å²) in [7, 11) is -3.82. The first kappa shape index (κ1) is 16.3. The Morgan fingerprint density at radius 3 is 2.58 bits per heavy atom. The van der Waals surface area contributed by atoms with E-state index < -0.39 is 28.4 Å². The van der Waals surface area contributed by atoms with Gasteiger partial charge in [-0.15, -0.1) is 0 Å². The van der Waals surface area contributed by atoms with Gasteiger partial charge in [0.05, 0.1) is 10.6 Å². The van der Waals surface area contributed by atoms with Crippen LogP contribution in [0.3, 0.4) is 0 Å². The van der Waals surface area contributed by atoms with Gasteiger partial charge >= 0.3 is 5.97 Å². The van der Waals surface area contributed by atoms with Gasteiger partial charge < -0.3 is 9.84 Å². The fourth-order valence-corrected chi connectivity index (χ4v) is 4.05. The maximum absolute atomic E-state index is 13.4. The summed E-state index contributed by atoms with van der Waals surface area (Å²) in [5, 5.41) is 8.56. The minimum Gasteiger partial charge on any atom is -0.482 e. The second-order valence-corrected chi connectivity index (χ2v) is 7.12. The summed E-state index contributed by atoms with van der Waals surface area (Å²) in [6.45, 7) is -0.261. The Hall–Kier alpha value is -2.61. The van der Waals surface area contributed by atoms with Crippen LogP contribution in [0.15, 0.2) is 47.4 Å². The van der Waals surface area contributed by atoms with E-state index in [1.165, 1.54) is 40.7 Å². The lowest BCUT2D eigenvalue weighted by molar-refractivity contribution is -0.139. The highest BCUT2D eigenvalue weighted by Gasteiger charge is 2.31. The van der Waals surface area contributed by atoms with Crippen LogP contribution in [0.25, 0.3) is 0 Å². The monoisotopic (exact) mass is 351 g/mol. The van der Waals surface area contributed by atoms with Crippen molar-refractivity contribution in [1.29, 1.82) is 0 Å². The number of carboxylic acid groups (broad SMARTS) is 1. The lowest BCUT2D eigenvalue weighted by Crippen LogP contribution is -2.29. The minimum atomic E-state index is -3.82. The molecule has 0 saturated heterocycles. The average Bonchev–Trinajstić information content (AvgIpc) is 2.97. The van der Waals surface area contributed by atoms with Gasteiger partial charge in [0, 0.05) is 6.54 Å². The van der Waals surface area contributed by atoms with Gasteiger partial charge in [-0.2, -0.15) is 0 Å². The van der Waals surface area contributed by atoms with E-state index in [2.05, 4.69) is 0 Å². The molecule has 0 atom stereocenters. The van der Waals surface area contributed by atoms with Gasteiger partial charge in [0.15, 0.2) is 6.61 Å². The molecular formula is C16H14FNO5S. The largest absolute Gasteiger partial charge is 0.482 e. The standard InChI is InChI=1S/C16H14FNO5S/c17-12-2-1-11-7-8-18(15(11)9-12)24(21,22)14-5-3-13(4-6-14)23-10-16(19)20/h1-6,9H,7-8,10H2,(H,19,20). The third-order valence-electron chi connectivity index (χ3n) is 3.67. The van der Waals surface area contributed by atoms with Crippen LogP contribution in [-0.4, -0.2) is 32.6 Å². The fraction of sp³-hybridized carbons (Fsp3) is 0.188. The van der Waals surface area contributed by atoms with E-state index in [-0.39, 0.29) is 17.2 Å². The molecule has 1 heterocycles. The van der Waals surface area contributed by atoms with E-state index in [4.69, 9.17) is 9.84 Å². The quantitative estimate of drug-likeness (QED) is 0.891.